The molecule has 2 nitrogen and oxygen atoms in total. The van der Waals surface area contributed by atoms with Crippen molar-refractivity contribution in [1.29, 1.82) is 0 Å². The van der Waals surface area contributed by atoms with Crippen molar-refractivity contribution in [2.45, 2.75) is 52.0 Å². The minimum absolute atomic E-state index is 0.0901. The van der Waals surface area contributed by atoms with Crippen LogP contribution in [0.5, 0.6) is 0 Å². The van der Waals surface area contributed by atoms with E-state index in [2.05, 4.69) is 60.2 Å². The minimum atomic E-state index is -0.0901. The molecule has 0 saturated carbocycles. The topological polar surface area (TPSA) is 29.1 Å². The highest BCUT2D eigenvalue weighted by Gasteiger charge is 2.22. The van der Waals surface area contributed by atoms with E-state index in [0.717, 1.165) is 24.6 Å². The Morgan fingerprint density at radius 1 is 1.42 bits per heavy atom. The third-order valence-corrected chi connectivity index (χ3v) is 3.99. The van der Waals surface area contributed by atoms with Crippen LogP contribution in [0.15, 0.2) is 24.3 Å². The number of amides is 1. The van der Waals surface area contributed by atoms with Crippen molar-refractivity contribution < 1.29 is 4.79 Å². The van der Waals surface area contributed by atoms with Crippen molar-refractivity contribution >= 4 is 21.8 Å². The van der Waals surface area contributed by atoms with Gasteiger partial charge in [0.1, 0.15) is 0 Å². The van der Waals surface area contributed by atoms with E-state index in [-0.39, 0.29) is 11.4 Å². The fourth-order valence-corrected chi connectivity index (χ4v) is 2.94. The van der Waals surface area contributed by atoms with Crippen LogP contribution in [0.3, 0.4) is 0 Å². The van der Waals surface area contributed by atoms with Gasteiger partial charge in [-0.05, 0) is 38.7 Å². The molecular weight excluding hydrogens is 302 g/mol. The normalized spacial score (nSPS) is 13.9. The highest BCUT2D eigenvalue weighted by atomic mass is 79.9. The molecule has 1 atom stereocenters. The van der Waals surface area contributed by atoms with Gasteiger partial charge in [-0.3, -0.25) is 4.79 Å². The largest absolute Gasteiger partial charge is 0.351 e. The number of rotatable bonds is 7. The number of alkyl halides is 1. The van der Waals surface area contributed by atoms with Crippen LogP contribution in [0.1, 0.15) is 44.2 Å². The molecule has 0 aliphatic carbocycles. The average molecular weight is 326 g/mol. The molecule has 0 aromatic heterocycles. The summed E-state index contributed by atoms with van der Waals surface area (Å²) in [5.74, 6) is 0.145. The average Bonchev–Trinajstić information content (AvgIpc) is 2.37. The van der Waals surface area contributed by atoms with Crippen molar-refractivity contribution in [3.8, 4) is 0 Å². The van der Waals surface area contributed by atoms with Gasteiger partial charge in [0.15, 0.2) is 0 Å². The first-order valence-corrected chi connectivity index (χ1v) is 8.04. The van der Waals surface area contributed by atoms with Crippen LogP contribution in [-0.4, -0.2) is 16.8 Å². The van der Waals surface area contributed by atoms with Crippen LogP contribution in [0, 0.1) is 6.92 Å². The summed E-state index contributed by atoms with van der Waals surface area (Å²) >= 11 is 3.45. The van der Waals surface area contributed by atoms with Gasteiger partial charge in [0, 0.05) is 17.3 Å². The van der Waals surface area contributed by atoms with Crippen molar-refractivity contribution in [3.05, 3.63) is 35.4 Å². The number of carbonyl (C=O) groups excluding carboxylic acids is 1. The number of benzene rings is 1. The summed E-state index contributed by atoms with van der Waals surface area (Å²) in [6.45, 7) is 6.30. The van der Waals surface area contributed by atoms with E-state index in [9.17, 15) is 4.79 Å². The Balaban J connectivity index is 2.47. The molecule has 1 N–H and O–H groups in total. The summed E-state index contributed by atoms with van der Waals surface area (Å²) in [6, 6.07) is 8.35. The highest BCUT2D eigenvalue weighted by Crippen LogP contribution is 2.16. The standard InChI is InChI=1S/C16H24BrNO/c1-4-16(3,10-11-17)18-15(19)9-8-14-7-5-6-13(2)12-14/h5-7,12H,4,8-11H2,1-3H3,(H,18,19). The molecule has 0 spiro atoms. The second-order valence-corrected chi connectivity index (χ2v) is 6.18. The molecular formula is C16H24BrNO. The second-order valence-electron chi connectivity index (χ2n) is 5.39. The lowest BCUT2D eigenvalue weighted by Crippen LogP contribution is -2.45. The van der Waals surface area contributed by atoms with Gasteiger partial charge in [-0.1, -0.05) is 52.7 Å². The number of carbonyl (C=O) groups is 1. The van der Waals surface area contributed by atoms with Gasteiger partial charge in [-0.15, -0.1) is 0 Å². The minimum Gasteiger partial charge on any atom is -0.351 e. The fraction of sp³-hybridized carbons (Fsp3) is 0.562. The first-order chi connectivity index (χ1) is 8.99. The molecule has 19 heavy (non-hydrogen) atoms. The number of hydrogen-bond acceptors (Lipinski definition) is 1. The molecule has 106 valence electrons. The first-order valence-electron chi connectivity index (χ1n) is 6.91. The lowest BCUT2D eigenvalue weighted by Gasteiger charge is -2.29. The van der Waals surface area contributed by atoms with Gasteiger partial charge in [0.25, 0.3) is 0 Å². The van der Waals surface area contributed by atoms with Gasteiger partial charge in [-0.25, -0.2) is 0 Å². The van der Waals surface area contributed by atoms with E-state index in [1.807, 2.05) is 6.07 Å². The Labute approximate surface area is 125 Å². The van der Waals surface area contributed by atoms with Gasteiger partial charge >= 0.3 is 0 Å². The van der Waals surface area contributed by atoms with E-state index in [0.29, 0.717) is 6.42 Å². The molecule has 0 aliphatic heterocycles. The van der Waals surface area contributed by atoms with Crippen LogP contribution < -0.4 is 5.32 Å². The van der Waals surface area contributed by atoms with Crippen molar-refractivity contribution in [1.82, 2.24) is 5.32 Å². The molecule has 0 bridgehead atoms. The maximum Gasteiger partial charge on any atom is 0.220 e. The molecule has 1 amide bonds. The predicted octanol–water partition coefficient (Wildman–Crippen LogP) is 4.00. The number of hydrogen-bond donors (Lipinski definition) is 1. The van der Waals surface area contributed by atoms with E-state index < -0.39 is 0 Å². The summed E-state index contributed by atoms with van der Waals surface area (Å²) in [6.07, 6.45) is 3.28. The van der Waals surface area contributed by atoms with Gasteiger partial charge in [0.2, 0.25) is 5.91 Å². The third-order valence-electron chi connectivity index (χ3n) is 3.59. The van der Waals surface area contributed by atoms with E-state index in [1.165, 1.54) is 11.1 Å². The molecule has 0 aliphatic rings. The molecule has 0 saturated heterocycles. The van der Waals surface area contributed by atoms with Gasteiger partial charge < -0.3 is 5.32 Å². The third kappa shape index (κ3) is 5.77. The number of aryl methyl sites for hydroxylation is 2. The zero-order valence-corrected chi connectivity index (χ0v) is 13.7. The molecule has 0 fully saturated rings. The number of halogens is 1. The molecule has 3 heteroatoms. The summed E-state index contributed by atoms with van der Waals surface area (Å²) in [5.41, 5.74) is 2.39. The van der Waals surface area contributed by atoms with Crippen LogP contribution in [0.2, 0.25) is 0 Å². The maximum atomic E-state index is 12.0. The highest BCUT2D eigenvalue weighted by molar-refractivity contribution is 9.09. The van der Waals surface area contributed by atoms with Crippen LogP contribution in [0.25, 0.3) is 0 Å². The maximum absolute atomic E-state index is 12.0. The lowest BCUT2D eigenvalue weighted by atomic mass is 9.95. The summed E-state index contributed by atoms with van der Waals surface area (Å²) in [5, 5.41) is 4.07. The van der Waals surface area contributed by atoms with Gasteiger partial charge in [-0.2, -0.15) is 0 Å². The first kappa shape index (κ1) is 16.2. The Morgan fingerprint density at radius 3 is 2.74 bits per heavy atom. The second kappa shape index (κ2) is 7.68. The monoisotopic (exact) mass is 325 g/mol. The predicted molar refractivity (Wildman–Crippen MR) is 84.7 cm³/mol. The summed E-state index contributed by atoms with van der Waals surface area (Å²) in [4.78, 5) is 12.0. The molecule has 1 aromatic rings. The summed E-state index contributed by atoms with van der Waals surface area (Å²) < 4.78 is 0. The molecule has 0 radical (unpaired) electrons. The zero-order valence-electron chi connectivity index (χ0n) is 12.1. The Hall–Kier alpha value is -0.830. The van der Waals surface area contributed by atoms with Crippen LogP contribution >= 0.6 is 15.9 Å². The molecule has 1 unspecified atom stereocenters. The quantitative estimate of drug-likeness (QED) is 0.754. The molecule has 1 rings (SSSR count). The Kier molecular flexibility index (Phi) is 6.56. The number of nitrogens with one attached hydrogen (secondary N) is 1. The molecule has 0 heterocycles. The van der Waals surface area contributed by atoms with Gasteiger partial charge in [0.05, 0.1) is 0 Å². The van der Waals surface area contributed by atoms with E-state index in [4.69, 9.17) is 0 Å². The van der Waals surface area contributed by atoms with Crippen molar-refractivity contribution in [2.75, 3.05) is 5.33 Å². The van der Waals surface area contributed by atoms with E-state index in [1.54, 1.807) is 0 Å². The van der Waals surface area contributed by atoms with E-state index >= 15 is 0 Å². The lowest BCUT2D eigenvalue weighted by molar-refractivity contribution is -0.122. The Bertz CT molecular complexity index is 419. The van der Waals surface area contributed by atoms with Crippen LogP contribution in [-0.2, 0) is 11.2 Å². The SMILES string of the molecule is CCC(C)(CCBr)NC(=O)CCc1cccc(C)c1. The fourth-order valence-electron chi connectivity index (χ4n) is 2.06. The van der Waals surface area contributed by atoms with Crippen molar-refractivity contribution in [2.24, 2.45) is 0 Å². The Morgan fingerprint density at radius 2 is 2.16 bits per heavy atom. The summed E-state index contributed by atoms with van der Waals surface area (Å²) in [7, 11) is 0. The smallest absolute Gasteiger partial charge is 0.220 e. The van der Waals surface area contributed by atoms with Crippen LogP contribution in [0.4, 0.5) is 0 Å². The van der Waals surface area contributed by atoms with Crippen molar-refractivity contribution in [3.63, 3.8) is 0 Å². The molecule has 1 aromatic carbocycles. The zero-order chi connectivity index (χ0) is 14.3.